The summed E-state index contributed by atoms with van der Waals surface area (Å²) in [7, 11) is 0. The van der Waals surface area contributed by atoms with Crippen molar-refractivity contribution in [2.45, 2.75) is 87.0 Å². The predicted octanol–water partition coefficient (Wildman–Crippen LogP) is 4.74. The number of hydrogen-bond donors (Lipinski definition) is 1. The Morgan fingerprint density at radius 2 is 1.50 bits per heavy atom. The number of rotatable bonds is 10. The molecule has 3 heteroatoms. The summed E-state index contributed by atoms with van der Waals surface area (Å²) in [5.41, 5.74) is -0.0403. The third-order valence-electron chi connectivity index (χ3n) is 4.14. The number of Topliss-reactive ketones (excluding diaryl/α,β-unsaturated/α-hetero) is 1. The van der Waals surface area contributed by atoms with Gasteiger partial charge in [-0.05, 0) is 31.1 Å². The van der Waals surface area contributed by atoms with E-state index in [4.69, 9.17) is 0 Å². The predicted molar refractivity (Wildman–Crippen MR) is 93.8 cm³/mol. The third kappa shape index (κ3) is 9.97. The fourth-order valence-corrected chi connectivity index (χ4v) is 2.13. The van der Waals surface area contributed by atoms with E-state index in [0.29, 0.717) is 18.7 Å². The standard InChI is InChI=1S/C19H37NO2/c1-15(2)16(21)11-9-8-10-14-20-17(22)19(6,7)13-12-18(3,4)5/h15H,8-14H2,1-7H3,(H,20,22). The topological polar surface area (TPSA) is 46.2 Å². The average molecular weight is 312 g/mol. The number of hydrogen-bond acceptors (Lipinski definition) is 2. The van der Waals surface area contributed by atoms with Gasteiger partial charge in [-0.2, -0.15) is 0 Å². The number of ketones is 1. The third-order valence-corrected chi connectivity index (χ3v) is 4.14. The Morgan fingerprint density at radius 3 is 2.00 bits per heavy atom. The molecule has 0 aromatic heterocycles. The molecular formula is C19H37NO2. The van der Waals surface area contributed by atoms with Crippen molar-refractivity contribution in [2.75, 3.05) is 6.54 Å². The lowest BCUT2D eigenvalue weighted by molar-refractivity contribution is -0.130. The lowest BCUT2D eigenvalue weighted by Gasteiger charge is -2.28. The summed E-state index contributed by atoms with van der Waals surface area (Å²) in [6, 6.07) is 0. The van der Waals surface area contributed by atoms with Crippen LogP contribution in [0.25, 0.3) is 0 Å². The van der Waals surface area contributed by atoms with Crippen LogP contribution in [0.4, 0.5) is 0 Å². The van der Waals surface area contributed by atoms with Crippen LogP contribution in [0.1, 0.15) is 87.0 Å². The second-order valence-electron chi connectivity index (χ2n) is 8.63. The molecule has 22 heavy (non-hydrogen) atoms. The molecule has 0 saturated carbocycles. The lowest BCUT2D eigenvalue weighted by atomic mass is 9.79. The number of carbonyl (C=O) groups excluding carboxylic acids is 2. The maximum atomic E-state index is 12.2. The summed E-state index contributed by atoms with van der Waals surface area (Å²) < 4.78 is 0. The molecule has 0 aliphatic heterocycles. The zero-order valence-corrected chi connectivity index (χ0v) is 15.8. The highest BCUT2D eigenvalue weighted by Crippen LogP contribution is 2.30. The summed E-state index contributed by atoms with van der Waals surface area (Å²) in [5.74, 6) is 0.630. The van der Waals surface area contributed by atoms with Crippen molar-refractivity contribution in [3.63, 3.8) is 0 Å². The minimum absolute atomic E-state index is 0.142. The summed E-state index contributed by atoms with van der Waals surface area (Å²) in [5, 5.41) is 3.05. The van der Waals surface area contributed by atoms with Crippen molar-refractivity contribution in [3.05, 3.63) is 0 Å². The van der Waals surface area contributed by atoms with E-state index in [1.807, 2.05) is 27.7 Å². The molecule has 130 valence electrons. The second kappa shape index (κ2) is 9.32. The van der Waals surface area contributed by atoms with Crippen LogP contribution in [0.2, 0.25) is 0 Å². The molecule has 0 aliphatic rings. The Kier molecular flexibility index (Phi) is 8.95. The molecule has 3 nitrogen and oxygen atoms in total. The van der Waals surface area contributed by atoms with Crippen molar-refractivity contribution in [1.29, 1.82) is 0 Å². The van der Waals surface area contributed by atoms with Gasteiger partial charge < -0.3 is 5.32 Å². The van der Waals surface area contributed by atoms with Gasteiger partial charge in [0, 0.05) is 24.3 Å². The first-order valence-electron chi connectivity index (χ1n) is 8.77. The summed E-state index contributed by atoms with van der Waals surface area (Å²) in [6.45, 7) is 15.3. The van der Waals surface area contributed by atoms with Crippen LogP contribution < -0.4 is 5.32 Å². The summed E-state index contributed by atoms with van der Waals surface area (Å²) in [4.78, 5) is 23.7. The largest absolute Gasteiger partial charge is 0.356 e. The SMILES string of the molecule is CC(C)C(=O)CCCCCNC(=O)C(C)(C)CCC(C)(C)C. The van der Waals surface area contributed by atoms with Gasteiger partial charge in [-0.25, -0.2) is 0 Å². The Bertz CT molecular complexity index is 351. The molecule has 0 bridgehead atoms. The van der Waals surface area contributed by atoms with Gasteiger partial charge in [-0.3, -0.25) is 9.59 Å². The first kappa shape index (κ1) is 21.1. The molecule has 0 fully saturated rings. The second-order valence-corrected chi connectivity index (χ2v) is 8.63. The average Bonchev–Trinajstić information content (AvgIpc) is 2.39. The molecular weight excluding hydrogens is 274 g/mol. The van der Waals surface area contributed by atoms with Gasteiger partial charge in [0.1, 0.15) is 5.78 Å². The van der Waals surface area contributed by atoms with Gasteiger partial charge in [0.2, 0.25) is 5.91 Å². The normalized spacial score (nSPS) is 12.5. The number of amides is 1. The highest BCUT2D eigenvalue weighted by atomic mass is 16.2. The molecule has 0 aromatic carbocycles. The van der Waals surface area contributed by atoms with Crippen LogP contribution in [-0.2, 0) is 9.59 Å². The smallest absolute Gasteiger partial charge is 0.225 e. The monoisotopic (exact) mass is 311 g/mol. The fraction of sp³-hybridized carbons (Fsp3) is 0.895. The molecule has 1 amide bonds. The van der Waals surface area contributed by atoms with Gasteiger partial charge in [-0.15, -0.1) is 0 Å². The molecule has 0 aromatic rings. The van der Waals surface area contributed by atoms with E-state index in [0.717, 1.165) is 32.1 Å². The van der Waals surface area contributed by atoms with Crippen molar-refractivity contribution < 1.29 is 9.59 Å². The first-order chi connectivity index (χ1) is 9.96. The van der Waals surface area contributed by atoms with Gasteiger partial charge in [0.25, 0.3) is 0 Å². The molecule has 1 N–H and O–H groups in total. The van der Waals surface area contributed by atoms with Gasteiger partial charge in [0.15, 0.2) is 0 Å². The Labute approximate surface area is 137 Å². The number of nitrogens with one attached hydrogen (secondary N) is 1. The summed E-state index contributed by atoms with van der Waals surface area (Å²) >= 11 is 0. The van der Waals surface area contributed by atoms with Crippen LogP contribution >= 0.6 is 0 Å². The summed E-state index contributed by atoms with van der Waals surface area (Å²) in [6.07, 6.45) is 5.51. The van der Waals surface area contributed by atoms with Gasteiger partial charge in [0.05, 0.1) is 0 Å². The van der Waals surface area contributed by atoms with Crippen LogP contribution in [-0.4, -0.2) is 18.2 Å². The quantitative estimate of drug-likeness (QED) is 0.592. The zero-order valence-electron chi connectivity index (χ0n) is 15.8. The van der Waals surface area contributed by atoms with Crippen molar-refractivity contribution in [3.8, 4) is 0 Å². The van der Waals surface area contributed by atoms with E-state index < -0.39 is 0 Å². The lowest BCUT2D eigenvalue weighted by Crippen LogP contribution is -2.38. The van der Waals surface area contributed by atoms with E-state index in [1.54, 1.807) is 0 Å². The maximum absolute atomic E-state index is 12.2. The molecule has 0 atom stereocenters. The van der Waals surface area contributed by atoms with E-state index in [1.165, 1.54) is 0 Å². The molecule has 0 heterocycles. The van der Waals surface area contributed by atoms with E-state index >= 15 is 0 Å². The van der Waals surface area contributed by atoms with Crippen LogP contribution in [0.5, 0.6) is 0 Å². The van der Waals surface area contributed by atoms with Crippen molar-refractivity contribution in [1.82, 2.24) is 5.32 Å². The van der Waals surface area contributed by atoms with Crippen LogP contribution in [0, 0.1) is 16.7 Å². The van der Waals surface area contributed by atoms with Crippen LogP contribution in [0.3, 0.4) is 0 Å². The Balaban J connectivity index is 3.86. The fourth-order valence-electron chi connectivity index (χ4n) is 2.13. The van der Waals surface area contributed by atoms with Crippen LogP contribution in [0.15, 0.2) is 0 Å². The van der Waals surface area contributed by atoms with E-state index in [9.17, 15) is 9.59 Å². The number of unbranched alkanes of at least 4 members (excludes halogenated alkanes) is 2. The Morgan fingerprint density at radius 1 is 0.909 bits per heavy atom. The minimum atomic E-state index is -0.305. The molecule has 0 unspecified atom stereocenters. The van der Waals surface area contributed by atoms with Crippen molar-refractivity contribution in [2.24, 2.45) is 16.7 Å². The van der Waals surface area contributed by atoms with Gasteiger partial charge >= 0.3 is 0 Å². The van der Waals surface area contributed by atoms with E-state index in [2.05, 4.69) is 26.1 Å². The zero-order chi connectivity index (χ0) is 17.4. The highest BCUT2D eigenvalue weighted by molar-refractivity contribution is 5.81. The van der Waals surface area contributed by atoms with Gasteiger partial charge in [-0.1, -0.05) is 54.9 Å². The molecule has 0 aliphatic carbocycles. The Hall–Kier alpha value is -0.860. The number of carbonyl (C=O) groups is 2. The molecule has 0 spiro atoms. The molecule has 0 rings (SSSR count). The molecule has 0 saturated heterocycles. The highest BCUT2D eigenvalue weighted by Gasteiger charge is 2.28. The van der Waals surface area contributed by atoms with Crippen molar-refractivity contribution >= 4 is 11.7 Å². The first-order valence-corrected chi connectivity index (χ1v) is 8.77. The maximum Gasteiger partial charge on any atom is 0.225 e. The van der Waals surface area contributed by atoms with E-state index in [-0.39, 0.29) is 22.7 Å². The minimum Gasteiger partial charge on any atom is -0.356 e. The molecule has 0 radical (unpaired) electrons.